The lowest BCUT2D eigenvalue weighted by Crippen LogP contribution is -2.46. The Balaban J connectivity index is 2.12. The van der Waals surface area contributed by atoms with Crippen molar-refractivity contribution in [2.45, 2.75) is 12.5 Å². The maximum Gasteiger partial charge on any atom is 0.251 e. The topological polar surface area (TPSA) is 72.2 Å². The zero-order valence-corrected chi connectivity index (χ0v) is 13.4. The number of hydrogen-bond acceptors (Lipinski definition) is 2. The van der Waals surface area contributed by atoms with Crippen molar-refractivity contribution in [1.29, 1.82) is 0 Å². The zero-order valence-electron chi connectivity index (χ0n) is 11.3. The van der Waals surface area contributed by atoms with Crippen LogP contribution >= 0.6 is 22.6 Å². The molecule has 0 aliphatic heterocycles. The number of halogens is 1. The van der Waals surface area contributed by atoms with Gasteiger partial charge in [-0.05, 0) is 46.4 Å². The van der Waals surface area contributed by atoms with Crippen LogP contribution in [0.5, 0.6) is 0 Å². The van der Waals surface area contributed by atoms with Gasteiger partial charge in [-0.25, -0.2) is 0 Å². The number of carbonyl (C=O) groups excluding carboxylic acids is 2. The van der Waals surface area contributed by atoms with Gasteiger partial charge in [-0.3, -0.25) is 9.59 Å². The van der Waals surface area contributed by atoms with Crippen molar-refractivity contribution in [3.05, 3.63) is 69.3 Å². The molecule has 3 N–H and O–H groups in total. The fraction of sp³-hybridized carbons (Fsp3) is 0.125. The quantitative estimate of drug-likeness (QED) is 0.763. The summed E-state index contributed by atoms with van der Waals surface area (Å²) in [6, 6.07) is 15.7. The molecule has 0 fully saturated rings. The van der Waals surface area contributed by atoms with E-state index in [1.165, 1.54) is 0 Å². The van der Waals surface area contributed by atoms with E-state index in [4.69, 9.17) is 5.73 Å². The number of benzene rings is 2. The van der Waals surface area contributed by atoms with Crippen molar-refractivity contribution < 1.29 is 9.59 Å². The molecule has 21 heavy (non-hydrogen) atoms. The maximum absolute atomic E-state index is 12.1. The van der Waals surface area contributed by atoms with E-state index >= 15 is 0 Å². The molecule has 2 rings (SSSR count). The van der Waals surface area contributed by atoms with Crippen LogP contribution in [0.15, 0.2) is 54.6 Å². The second-order valence-corrected chi connectivity index (χ2v) is 5.75. The first-order valence-electron chi connectivity index (χ1n) is 6.46. The van der Waals surface area contributed by atoms with Crippen molar-refractivity contribution in [2.24, 2.45) is 5.73 Å². The highest BCUT2D eigenvalue weighted by Crippen LogP contribution is 2.13. The summed E-state index contributed by atoms with van der Waals surface area (Å²) in [6.07, 6.45) is 0.382. The number of rotatable bonds is 5. The van der Waals surface area contributed by atoms with Crippen LogP contribution in [0.1, 0.15) is 15.9 Å². The number of nitrogens with two attached hydrogens (primary N) is 1. The Bertz CT molecular complexity index is 644. The Hall–Kier alpha value is -1.89. The molecule has 0 heterocycles. The highest BCUT2D eigenvalue weighted by Gasteiger charge is 2.20. The molecule has 0 aromatic heterocycles. The Kier molecular flexibility index (Phi) is 5.32. The van der Waals surface area contributed by atoms with Crippen LogP contribution in [0.2, 0.25) is 0 Å². The van der Waals surface area contributed by atoms with E-state index in [0.29, 0.717) is 12.0 Å². The second-order valence-electron chi connectivity index (χ2n) is 4.59. The first-order valence-corrected chi connectivity index (χ1v) is 7.54. The van der Waals surface area contributed by atoms with Crippen molar-refractivity contribution in [1.82, 2.24) is 5.32 Å². The number of carbonyl (C=O) groups is 2. The third kappa shape index (κ3) is 4.29. The average Bonchev–Trinajstić information content (AvgIpc) is 2.49. The Morgan fingerprint density at radius 1 is 1.05 bits per heavy atom. The number of amides is 2. The van der Waals surface area contributed by atoms with Crippen molar-refractivity contribution in [2.75, 3.05) is 0 Å². The smallest absolute Gasteiger partial charge is 0.251 e. The van der Waals surface area contributed by atoms with Gasteiger partial charge < -0.3 is 11.1 Å². The van der Waals surface area contributed by atoms with Gasteiger partial charge in [0.15, 0.2) is 0 Å². The molecule has 1 atom stereocenters. The molecule has 2 aromatic rings. The third-order valence-electron chi connectivity index (χ3n) is 3.07. The predicted octanol–water partition coefficient (Wildman–Crippen LogP) is 2.12. The zero-order chi connectivity index (χ0) is 15.2. The molecule has 2 aromatic carbocycles. The Morgan fingerprint density at radius 2 is 1.67 bits per heavy atom. The summed E-state index contributed by atoms with van der Waals surface area (Å²) in [6.45, 7) is 0. The molecule has 0 aliphatic rings. The summed E-state index contributed by atoms with van der Waals surface area (Å²) in [5.74, 6) is -0.843. The molecule has 0 unspecified atom stereocenters. The number of primary amides is 1. The minimum atomic E-state index is -0.728. The standard InChI is InChI=1S/C16H15IN2O2/c17-13-9-5-4-8-12(13)10-14(15(18)20)19-16(21)11-6-2-1-3-7-11/h1-9,14H,10H2,(H2,18,20)(H,19,21)/t14-/m1/s1. The van der Waals surface area contributed by atoms with Crippen LogP contribution < -0.4 is 11.1 Å². The summed E-state index contributed by atoms with van der Waals surface area (Å²) in [7, 11) is 0. The van der Waals surface area contributed by atoms with Crippen LogP contribution in [-0.2, 0) is 11.2 Å². The molecule has 0 spiro atoms. The van der Waals surface area contributed by atoms with Crippen molar-refractivity contribution in [3.8, 4) is 0 Å². The minimum absolute atomic E-state index is 0.301. The average molecular weight is 394 g/mol. The lowest BCUT2D eigenvalue weighted by atomic mass is 10.0. The maximum atomic E-state index is 12.1. The lowest BCUT2D eigenvalue weighted by molar-refractivity contribution is -0.119. The summed E-state index contributed by atoms with van der Waals surface area (Å²) in [5.41, 5.74) is 6.89. The molecule has 0 saturated heterocycles. The molecule has 108 valence electrons. The van der Waals surface area contributed by atoms with E-state index < -0.39 is 11.9 Å². The molecule has 0 aliphatic carbocycles. The highest BCUT2D eigenvalue weighted by molar-refractivity contribution is 14.1. The molecular weight excluding hydrogens is 379 g/mol. The van der Waals surface area contributed by atoms with Gasteiger partial charge in [0, 0.05) is 15.6 Å². The summed E-state index contributed by atoms with van der Waals surface area (Å²) < 4.78 is 1.04. The largest absolute Gasteiger partial charge is 0.368 e. The Labute approximate surface area is 136 Å². The predicted molar refractivity (Wildman–Crippen MR) is 89.8 cm³/mol. The van der Waals surface area contributed by atoms with Gasteiger partial charge in [-0.2, -0.15) is 0 Å². The van der Waals surface area contributed by atoms with Crippen molar-refractivity contribution >= 4 is 34.4 Å². The normalized spacial score (nSPS) is 11.7. The minimum Gasteiger partial charge on any atom is -0.368 e. The monoisotopic (exact) mass is 394 g/mol. The number of nitrogens with one attached hydrogen (secondary N) is 1. The molecule has 4 nitrogen and oxygen atoms in total. The van der Waals surface area contributed by atoms with Crippen molar-refractivity contribution in [3.63, 3.8) is 0 Å². The van der Waals surface area contributed by atoms with Gasteiger partial charge in [-0.15, -0.1) is 0 Å². The van der Waals surface area contributed by atoms with E-state index in [-0.39, 0.29) is 5.91 Å². The van der Waals surface area contributed by atoms with Crippen LogP contribution in [0.25, 0.3) is 0 Å². The SMILES string of the molecule is NC(=O)[C@@H](Cc1ccccc1I)NC(=O)c1ccccc1. The third-order valence-corrected chi connectivity index (χ3v) is 4.12. The molecule has 5 heteroatoms. The molecule has 0 saturated carbocycles. The fourth-order valence-electron chi connectivity index (χ4n) is 1.94. The van der Waals surface area contributed by atoms with Crippen LogP contribution in [-0.4, -0.2) is 17.9 Å². The van der Waals surface area contributed by atoms with Gasteiger partial charge in [0.05, 0.1) is 0 Å². The molecular formula is C16H15IN2O2. The molecule has 0 radical (unpaired) electrons. The van der Waals surface area contributed by atoms with E-state index in [2.05, 4.69) is 27.9 Å². The summed E-state index contributed by atoms with van der Waals surface area (Å²) >= 11 is 2.20. The summed E-state index contributed by atoms with van der Waals surface area (Å²) in [4.78, 5) is 23.7. The van der Waals surface area contributed by atoms with E-state index in [0.717, 1.165) is 9.13 Å². The van der Waals surface area contributed by atoms with E-state index in [1.807, 2.05) is 30.3 Å². The first kappa shape index (κ1) is 15.5. The van der Waals surface area contributed by atoms with Crippen LogP contribution in [0, 0.1) is 3.57 Å². The van der Waals surface area contributed by atoms with Gasteiger partial charge in [0.2, 0.25) is 5.91 Å². The fourth-order valence-corrected chi connectivity index (χ4v) is 2.55. The van der Waals surface area contributed by atoms with Gasteiger partial charge >= 0.3 is 0 Å². The van der Waals surface area contributed by atoms with Gasteiger partial charge in [0.25, 0.3) is 5.91 Å². The van der Waals surface area contributed by atoms with Gasteiger partial charge in [-0.1, -0.05) is 36.4 Å². The lowest BCUT2D eigenvalue weighted by Gasteiger charge is -2.16. The van der Waals surface area contributed by atoms with E-state index in [9.17, 15) is 9.59 Å². The molecule has 2 amide bonds. The van der Waals surface area contributed by atoms with Crippen LogP contribution in [0.4, 0.5) is 0 Å². The summed E-state index contributed by atoms with van der Waals surface area (Å²) in [5, 5.41) is 2.69. The highest BCUT2D eigenvalue weighted by atomic mass is 127. The first-order chi connectivity index (χ1) is 10.1. The van der Waals surface area contributed by atoms with E-state index in [1.54, 1.807) is 24.3 Å². The second kappa shape index (κ2) is 7.21. The number of hydrogen-bond donors (Lipinski definition) is 2. The van der Waals surface area contributed by atoms with Crippen LogP contribution in [0.3, 0.4) is 0 Å². The van der Waals surface area contributed by atoms with Gasteiger partial charge in [0.1, 0.15) is 6.04 Å². The Morgan fingerprint density at radius 3 is 2.29 bits per heavy atom. The molecule has 0 bridgehead atoms.